The third kappa shape index (κ3) is 5.58. The molecule has 270 valence electrons. The summed E-state index contributed by atoms with van der Waals surface area (Å²) in [6, 6.07) is 55.0. The second-order valence-electron chi connectivity index (χ2n) is 15.0. The van der Waals surface area contributed by atoms with Crippen molar-refractivity contribution >= 4 is 65.8 Å². The van der Waals surface area contributed by atoms with Crippen LogP contribution in [0.3, 0.4) is 0 Å². The number of aryl methyl sites for hydroxylation is 4. The number of hydrogen-bond acceptors (Lipinski definition) is 3. The maximum atomic E-state index is 6.67. The predicted octanol–water partition coefficient (Wildman–Crippen LogP) is 15.2. The second kappa shape index (κ2) is 13.5. The standard InChI is InChI=1S/C27H20O.2C13H10O/c1-16-7-3-5-9-20(16)24-17(2)11-13-22-23-14-12-19-15-18-8-4-6-10-21(18)25(19)27(23)28-26(22)24;1-9-5-4-7-11-10-6-2-3-8-12(10)14-13(9)11;1-9-6-7-13-11(8-9)10-4-2-3-5-12(10)14-13/h3-14H,15H2,1-2H3;2*2-8H,1H3. The molecule has 0 N–H and O–H groups in total. The van der Waals surface area contributed by atoms with E-state index < -0.39 is 0 Å². The monoisotopic (exact) mass is 724 g/mol. The summed E-state index contributed by atoms with van der Waals surface area (Å²) in [7, 11) is 0. The highest BCUT2D eigenvalue weighted by Crippen LogP contribution is 2.46. The van der Waals surface area contributed by atoms with E-state index in [0.29, 0.717) is 0 Å². The van der Waals surface area contributed by atoms with E-state index in [1.54, 1.807) is 0 Å². The minimum atomic E-state index is 0.966. The molecule has 0 spiro atoms. The van der Waals surface area contributed by atoms with Crippen LogP contribution in [0.5, 0.6) is 0 Å². The summed E-state index contributed by atoms with van der Waals surface area (Å²) in [4.78, 5) is 0. The van der Waals surface area contributed by atoms with Gasteiger partial charge in [-0.05, 0) is 97.3 Å². The Hall–Kier alpha value is -6.84. The van der Waals surface area contributed by atoms with E-state index in [0.717, 1.165) is 39.9 Å². The van der Waals surface area contributed by atoms with Crippen molar-refractivity contribution in [3.63, 3.8) is 0 Å². The molecule has 0 unspecified atom stereocenters. The van der Waals surface area contributed by atoms with Gasteiger partial charge in [0, 0.05) is 43.4 Å². The molecule has 0 fully saturated rings. The van der Waals surface area contributed by atoms with Crippen molar-refractivity contribution in [2.75, 3.05) is 0 Å². The van der Waals surface area contributed by atoms with Crippen LogP contribution in [-0.2, 0) is 6.42 Å². The third-order valence-corrected chi connectivity index (χ3v) is 11.3. The number of hydrogen-bond donors (Lipinski definition) is 0. The zero-order valence-electron chi connectivity index (χ0n) is 31.9. The first-order valence-electron chi connectivity index (χ1n) is 19.3. The Morgan fingerprint density at radius 2 is 0.929 bits per heavy atom. The van der Waals surface area contributed by atoms with E-state index in [2.05, 4.69) is 143 Å². The van der Waals surface area contributed by atoms with Crippen molar-refractivity contribution in [3.8, 4) is 22.3 Å². The summed E-state index contributed by atoms with van der Waals surface area (Å²) in [6.07, 6.45) is 0.988. The number of fused-ring (bicyclic) bond motifs is 13. The third-order valence-electron chi connectivity index (χ3n) is 11.3. The Kier molecular flexibility index (Phi) is 8.11. The van der Waals surface area contributed by atoms with Crippen LogP contribution in [0.15, 0.2) is 171 Å². The van der Waals surface area contributed by atoms with Gasteiger partial charge in [-0.2, -0.15) is 0 Å². The van der Waals surface area contributed by atoms with Crippen molar-refractivity contribution in [1.29, 1.82) is 0 Å². The Bertz CT molecular complexity index is 3270. The first-order valence-corrected chi connectivity index (χ1v) is 19.3. The fraction of sp³-hybridized carbons (Fsp3) is 0.0943. The van der Waals surface area contributed by atoms with Gasteiger partial charge in [0.1, 0.15) is 33.5 Å². The zero-order chi connectivity index (χ0) is 37.9. The summed E-state index contributed by atoms with van der Waals surface area (Å²) in [5, 5.41) is 7.23. The van der Waals surface area contributed by atoms with Gasteiger partial charge >= 0.3 is 0 Å². The number of furan rings is 3. The SMILES string of the molecule is Cc1ccc2oc3ccccc3c2c1.Cc1cccc2c1oc1ccccc12.Cc1ccccc1-c1c(C)ccc2c1oc1c3c(ccc12)Cc1ccccc1-3. The fourth-order valence-corrected chi connectivity index (χ4v) is 8.53. The smallest absolute Gasteiger partial charge is 0.143 e. The molecule has 3 nitrogen and oxygen atoms in total. The summed E-state index contributed by atoms with van der Waals surface area (Å²) in [6.45, 7) is 8.52. The summed E-state index contributed by atoms with van der Waals surface area (Å²) >= 11 is 0. The molecule has 0 aliphatic heterocycles. The van der Waals surface area contributed by atoms with Gasteiger partial charge in [-0.1, -0.05) is 139 Å². The molecule has 0 saturated heterocycles. The molecule has 3 aromatic heterocycles. The fourth-order valence-electron chi connectivity index (χ4n) is 8.53. The first-order chi connectivity index (χ1) is 27.4. The van der Waals surface area contributed by atoms with Crippen molar-refractivity contribution in [2.45, 2.75) is 34.1 Å². The van der Waals surface area contributed by atoms with Crippen LogP contribution in [0.2, 0.25) is 0 Å². The summed E-state index contributed by atoms with van der Waals surface area (Å²) in [5.74, 6) is 0. The number of benzene rings is 8. The number of para-hydroxylation sites is 3. The van der Waals surface area contributed by atoms with Crippen molar-refractivity contribution in [2.24, 2.45) is 0 Å². The van der Waals surface area contributed by atoms with E-state index in [4.69, 9.17) is 13.3 Å². The van der Waals surface area contributed by atoms with E-state index >= 15 is 0 Å². The highest BCUT2D eigenvalue weighted by molar-refractivity contribution is 6.15. The molecule has 0 radical (unpaired) electrons. The van der Waals surface area contributed by atoms with Gasteiger partial charge in [-0.3, -0.25) is 0 Å². The highest BCUT2D eigenvalue weighted by Gasteiger charge is 2.25. The van der Waals surface area contributed by atoms with Crippen LogP contribution >= 0.6 is 0 Å². The lowest BCUT2D eigenvalue weighted by molar-refractivity contribution is 0.666. The molecule has 0 amide bonds. The normalized spacial score (nSPS) is 11.9. The zero-order valence-corrected chi connectivity index (χ0v) is 31.9. The molecule has 3 heteroatoms. The van der Waals surface area contributed by atoms with Gasteiger partial charge in [-0.25, -0.2) is 0 Å². The first kappa shape index (κ1) is 33.7. The second-order valence-corrected chi connectivity index (χ2v) is 15.0. The Morgan fingerprint density at radius 3 is 1.73 bits per heavy atom. The van der Waals surface area contributed by atoms with E-state index in [9.17, 15) is 0 Å². The average Bonchev–Trinajstić information content (AvgIpc) is 3.99. The minimum Gasteiger partial charge on any atom is -0.456 e. The maximum Gasteiger partial charge on any atom is 0.143 e. The van der Waals surface area contributed by atoms with Gasteiger partial charge in [0.2, 0.25) is 0 Å². The molecular formula is C53H40O3. The van der Waals surface area contributed by atoms with Gasteiger partial charge in [0.05, 0.1) is 0 Å². The van der Waals surface area contributed by atoms with E-state index in [-0.39, 0.29) is 0 Å². The van der Waals surface area contributed by atoms with E-state index in [1.807, 2.05) is 42.5 Å². The van der Waals surface area contributed by atoms with Crippen molar-refractivity contribution in [1.82, 2.24) is 0 Å². The van der Waals surface area contributed by atoms with Crippen molar-refractivity contribution in [3.05, 3.63) is 191 Å². The average molecular weight is 725 g/mol. The molecule has 0 bridgehead atoms. The molecule has 12 rings (SSSR count). The Balaban J connectivity index is 0.000000115. The van der Waals surface area contributed by atoms with E-state index in [1.165, 1.54) is 88.0 Å². The van der Waals surface area contributed by atoms with Crippen LogP contribution < -0.4 is 0 Å². The topological polar surface area (TPSA) is 39.4 Å². The highest BCUT2D eigenvalue weighted by atomic mass is 16.3. The molecule has 1 aliphatic carbocycles. The van der Waals surface area contributed by atoms with Gasteiger partial charge in [0.25, 0.3) is 0 Å². The van der Waals surface area contributed by atoms with Gasteiger partial charge in [0.15, 0.2) is 0 Å². The minimum absolute atomic E-state index is 0.966. The Morgan fingerprint density at radius 1 is 0.339 bits per heavy atom. The largest absolute Gasteiger partial charge is 0.456 e. The summed E-state index contributed by atoms with van der Waals surface area (Å²) < 4.78 is 18.2. The van der Waals surface area contributed by atoms with Crippen LogP contribution in [0.4, 0.5) is 0 Å². The predicted molar refractivity (Wildman–Crippen MR) is 234 cm³/mol. The van der Waals surface area contributed by atoms with Crippen LogP contribution in [0.25, 0.3) is 88.1 Å². The molecule has 56 heavy (non-hydrogen) atoms. The van der Waals surface area contributed by atoms with Crippen LogP contribution in [-0.4, -0.2) is 0 Å². The van der Waals surface area contributed by atoms with Crippen molar-refractivity contribution < 1.29 is 13.3 Å². The van der Waals surface area contributed by atoms with Gasteiger partial charge in [-0.15, -0.1) is 0 Å². The molecule has 11 aromatic rings. The Labute approximate surface area is 325 Å². The molecule has 8 aromatic carbocycles. The van der Waals surface area contributed by atoms with Crippen LogP contribution in [0, 0.1) is 27.7 Å². The lowest BCUT2D eigenvalue weighted by atomic mass is 9.94. The quantitative estimate of drug-likeness (QED) is 0.169. The lowest BCUT2D eigenvalue weighted by Gasteiger charge is -2.09. The van der Waals surface area contributed by atoms with Gasteiger partial charge < -0.3 is 13.3 Å². The molecule has 0 saturated carbocycles. The molecular weight excluding hydrogens is 685 g/mol. The molecule has 0 atom stereocenters. The lowest BCUT2D eigenvalue weighted by Crippen LogP contribution is -1.87. The van der Waals surface area contributed by atoms with Crippen LogP contribution in [0.1, 0.15) is 33.4 Å². The summed E-state index contributed by atoms with van der Waals surface area (Å²) in [5.41, 5.74) is 18.7. The number of rotatable bonds is 1. The molecule has 3 heterocycles. The maximum absolute atomic E-state index is 6.67. The molecule has 1 aliphatic rings.